The van der Waals surface area contributed by atoms with Gasteiger partial charge in [-0.1, -0.05) is 6.07 Å². The van der Waals surface area contributed by atoms with Crippen LogP contribution in [0.2, 0.25) is 0 Å². The molecule has 0 unspecified atom stereocenters. The highest BCUT2D eigenvalue weighted by Gasteiger charge is 2.08. The van der Waals surface area contributed by atoms with Crippen LogP contribution in [0.4, 0.5) is 0 Å². The lowest BCUT2D eigenvalue weighted by atomic mass is 10.3. The number of nitrogens with zero attached hydrogens (tertiary/aromatic N) is 3. The number of carbonyl (C=O) groups excluding carboxylic acids is 1. The smallest absolute Gasteiger partial charge is 0.258 e. The van der Waals surface area contributed by atoms with Crippen molar-refractivity contribution in [2.75, 3.05) is 6.61 Å². The van der Waals surface area contributed by atoms with E-state index in [9.17, 15) is 4.79 Å². The summed E-state index contributed by atoms with van der Waals surface area (Å²) in [6.45, 7) is 3.99. The average molecular weight is 300 g/mol. The number of pyridine rings is 1. The first kappa shape index (κ1) is 14.1. The van der Waals surface area contributed by atoms with Gasteiger partial charge in [0.1, 0.15) is 11.4 Å². The SMILES string of the molecule is Cc1cc(OCC(=O)NCc2cn3cccc(C)c3n2)no1. The summed E-state index contributed by atoms with van der Waals surface area (Å²) in [7, 11) is 0. The number of fused-ring (bicyclic) bond motifs is 1. The molecule has 0 aliphatic carbocycles. The molecule has 0 saturated carbocycles. The van der Waals surface area contributed by atoms with Gasteiger partial charge in [-0.15, -0.1) is 0 Å². The number of hydrogen-bond donors (Lipinski definition) is 1. The molecule has 0 aliphatic rings. The first-order valence-corrected chi connectivity index (χ1v) is 6.88. The monoisotopic (exact) mass is 300 g/mol. The van der Waals surface area contributed by atoms with Crippen molar-refractivity contribution in [2.45, 2.75) is 20.4 Å². The molecule has 1 N–H and O–H groups in total. The van der Waals surface area contributed by atoms with E-state index in [0.717, 1.165) is 16.9 Å². The fourth-order valence-corrected chi connectivity index (χ4v) is 2.08. The molecule has 0 aliphatic heterocycles. The number of rotatable bonds is 5. The molecule has 1 amide bonds. The Morgan fingerprint density at radius 3 is 3.05 bits per heavy atom. The topological polar surface area (TPSA) is 81.7 Å². The van der Waals surface area contributed by atoms with E-state index in [0.29, 0.717) is 18.2 Å². The third-order valence-corrected chi connectivity index (χ3v) is 3.15. The predicted octanol–water partition coefficient (Wildman–Crippen LogP) is 1.63. The van der Waals surface area contributed by atoms with Gasteiger partial charge in [-0.25, -0.2) is 4.98 Å². The highest BCUT2D eigenvalue weighted by molar-refractivity contribution is 5.77. The van der Waals surface area contributed by atoms with Gasteiger partial charge in [0.25, 0.3) is 11.8 Å². The van der Waals surface area contributed by atoms with Crippen LogP contribution in [0, 0.1) is 13.8 Å². The molecule has 114 valence electrons. The van der Waals surface area contributed by atoms with Crippen molar-refractivity contribution in [3.63, 3.8) is 0 Å². The Bertz CT molecular complexity index is 806. The zero-order chi connectivity index (χ0) is 15.5. The van der Waals surface area contributed by atoms with Crippen LogP contribution in [0.3, 0.4) is 0 Å². The van der Waals surface area contributed by atoms with Gasteiger partial charge in [0, 0.05) is 18.5 Å². The van der Waals surface area contributed by atoms with Crippen molar-refractivity contribution in [3.8, 4) is 5.88 Å². The second-order valence-electron chi connectivity index (χ2n) is 5.00. The molecule has 0 aromatic carbocycles. The van der Waals surface area contributed by atoms with E-state index in [4.69, 9.17) is 9.26 Å². The number of imidazole rings is 1. The van der Waals surface area contributed by atoms with Crippen molar-refractivity contribution < 1.29 is 14.1 Å². The van der Waals surface area contributed by atoms with Crippen molar-refractivity contribution in [2.24, 2.45) is 0 Å². The number of hydrogen-bond acceptors (Lipinski definition) is 5. The molecule has 7 heteroatoms. The summed E-state index contributed by atoms with van der Waals surface area (Å²) in [5.74, 6) is 0.695. The van der Waals surface area contributed by atoms with Gasteiger partial charge in [-0.3, -0.25) is 4.79 Å². The number of nitrogens with one attached hydrogen (secondary N) is 1. The van der Waals surface area contributed by atoms with E-state index < -0.39 is 0 Å². The zero-order valence-electron chi connectivity index (χ0n) is 12.4. The van der Waals surface area contributed by atoms with Gasteiger partial charge in [0.15, 0.2) is 6.61 Å². The van der Waals surface area contributed by atoms with E-state index >= 15 is 0 Å². The summed E-state index contributed by atoms with van der Waals surface area (Å²) in [4.78, 5) is 16.2. The summed E-state index contributed by atoms with van der Waals surface area (Å²) in [6.07, 6.45) is 3.82. The van der Waals surface area contributed by atoms with Crippen LogP contribution in [-0.2, 0) is 11.3 Å². The number of ether oxygens (including phenoxy) is 1. The number of amides is 1. The van der Waals surface area contributed by atoms with Crippen LogP contribution in [0.15, 0.2) is 35.1 Å². The van der Waals surface area contributed by atoms with Gasteiger partial charge in [0.2, 0.25) is 0 Å². The fourth-order valence-electron chi connectivity index (χ4n) is 2.08. The Labute approximate surface area is 126 Å². The summed E-state index contributed by atoms with van der Waals surface area (Å²) in [6, 6.07) is 5.58. The van der Waals surface area contributed by atoms with Crippen LogP contribution < -0.4 is 10.1 Å². The number of aryl methyl sites for hydroxylation is 2. The van der Waals surface area contributed by atoms with Crippen LogP contribution >= 0.6 is 0 Å². The first-order chi connectivity index (χ1) is 10.6. The second-order valence-corrected chi connectivity index (χ2v) is 5.00. The lowest BCUT2D eigenvalue weighted by molar-refractivity contribution is -0.123. The molecular weight excluding hydrogens is 284 g/mol. The molecule has 7 nitrogen and oxygen atoms in total. The van der Waals surface area contributed by atoms with Gasteiger partial charge in [-0.2, -0.15) is 0 Å². The Morgan fingerprint density at radius 2 is 2.32 bits per heavy atom. The standard InChI is InChI=1S/C15H16N4O3/c1-10-4-3-5-19-8-12(17-15(10)19)7-16-13(20)9-21-14-6-11(2)22-18-14/h3-6,8H,7,9H2,1-2H3,(H,16,20). The summed E-state index contributed by atoms with van der Waals surface area (Å²) < 4.78 is 12.0. The zero-order valence-corrected chi connectivity index (χ0v) is 12.4. The molecule has 3 aromatic rings. The summed E-state index contributed by atoms with van der Waals surface area (Å²) in [5, 5.41) is 6.41. The van der Waals surface area contributed by atoms with E-state index in [1.165, 1.54) is 0 Å². The lowest BCUT2D eigenvalue weighted by Crippen LogP contribution is -2.28. The molecule has 3 heterocycles. The molecule has 22 heavy (non-hydrogen) atoms. The Morgan fingerprint density at radius 1 is 1.45 bits per heavy atom. The van der Waals surface area contributed by atoms with Gasteiger partial charge in [-0.05, 0) is 30.6 Å². The first-order valence-electron chi connectivity index (χ1n) is 6.88. The fraction of sp³-hybridized carbons (Fsp3) is 0.267. The number of aromatic nitrogens is 3. The van der Waals surface area contributed by atoms with Gasteiger partial charge < -0.3 is 19.0 Å². The van der Waals surface area contributed by atoms with E-state index in [1.54, 1.807) is 13.0 Å². The third kappa shape index (κ3) is 3.08. The van der Waals surface area contributed by atoms with E-state index in [1.807, 2.05) is 35.9 Å². The van der Waals surface area contributed by atoms with Crippen LogP contribution in [0.5, 0.6) is 5.88 Å². The minimum Gasteiger partial charge on any atom is -0.465 e. The van der Waals surface area contributed by atoms with E-state index in [-0.39, 0.29) is 12.5 Å². The van der Waals surface area contributed by atoms with Crippen molar-refractivity contribution in [1.82, 2.24) is 19.9 Å². The summed E-state index contributed by atoms with van der Waals surface area (Å²) in [5.41, 5.74) is 2.77. The highest BCUT2D eigenvalue weighted by Crippen LogP contribution is 2.10. The van der Waals surface area contributed by atoms with Crippen molar-refractivity contribution in [3.05, 3.63) is 47.6 Å². The minimum atomic E-state index is -0.241. The average Bonchev–Trinajstić information content (AvgIpc) is 3.10. The Hall–Kier alpha value is -2.83. The quantitative estimate of drug-likeness (QED) is 0.774. The maximum Gasteiger partial charge on any atom is 0.258 e. The van der Waals surface area contributed by atoms with E-state index in [2.05, 4.69) is 15.5 Å². The van der Waals surface area contributed by atoms with Crippen molar-refractivity contribution in [1.29, 1.82) is 0 Å². The molecule has 0 spiro atoms. The maximum absolute atomic E-state index is 11.7. The molecular formula is C15H16N4O3. The van der Waals surface area contributed by atoms with Crippen LogP contribution in [0.25, 0.3) is 5.65 Å². The second kappa shape index (κ2) is 5.88. The van der Waals surface area contributed by atoms with Crippen molar-refractivity contribution >= 4 is 11.6 Å². The molecule has 0 saturated heterocycles. The molecule has 0 bridgehead atoms. The molecule has 3 rings (SSSR count). The normalized spacial score (nSPS) is 10.8. The Balaban J connectivity index is 1.54. The molecule has 0 radical (unpaired) electrons. The molecule has 0 fully saturated rings. The lowest BCUT2D eigenvalue weighted by Gasteiger charge is -2.03. The van der Waals surface area contributed by atoms with Gasteiger partial charge in [0.05, 0.1) is 12.2 Å². The predicted molar refractivity (Wildman–Crippen MR) is 78.5 cm³/mol. The van der Waals surface area contributed by atoms with Gasteiger partial charge >= 0.3 is 0 Å². The molecule has 0 atom stereocenters. The molecule has 3 aromatic heterocycles. The third-order valence-electron chi connectivity index (χ3n) is 3.15. The van der Waals surface area contributed by atoms with Crippen LogP contribution in [0.1, 0.15) is 17.0 Å². The maximum atomic E-state index is 11.7. The number of carbonyl (C=O) groups is 1. The Kier molecular flexibility index (Phi) is 3.78. The largest absolute Gasteiger partial charge is 0.465 e. The highest BCUT2D eigenvalue weighted by atomic mass is 16.5. The minimum absolute atomic E-state index is 0.113. The summed E-state index contributed by atoms with van der Waals surface area (Å²) >= 11 is 0. The van der Waals surface area contributed by atoms with Crippen LogP contribution in [-0.4, -0.2) is 27.1 Å².